The molecule has 134 valence electrons. The van der Waals surface area contributed by atoms with Crippen LogP contribution in [0.15, 0.2) is 52.7 Å². The normalized spacial score (nSPS) is 17.8. The summed E-state index contributed by atoms with van der Waals surface area (Å²) in [4.78, 5) is 17.0. The van der Waals surface area contributed by atoms with Gasteiger partial charge in [-0.2, -0.15) is 5.26 Å². The summed E-state index contributed by atoms with van der Waals surface area (Å²) < 4.78 is 5.34. The Labute approximate surface area is 150 Å². The third kappa shape index (κ3) is 7.77. The minimum absolute atomic E-state index is 0.153. The Morgan fingerprint density at radius 2 is 2.04 bits per heavy atom. The number of allylic oxidation sites excluding steroid dienone is 6. The lowest BCUT2D eigenvalue weighted by molar-refractivity contribution is -0.111. The monoisotopic (exact) mass is 341 g/mol. The van der Waals surface area contributed by atoms with Crippen LogP contribution in [0.2, 0.25) is 0 Å². The van der Waals surface area contributed by atoms with Crippen molar-refractivity contribution < 1.29 is 9.53 Å². The Hall–Kier alpha value is -2.45. The molecule has 0 atom stereocenters. The predicted octanol–water partition coefficient (Wildman–Crippen LogP) is 3.48. The van der Waals surface area contributed by atoms with E-state index in [1.54, 1.807) is 32.2 Å². The van der Waals surface area contributed by atoms with Gasteiger partial charge in [-0.15, -0.1) is 0 Å². The van der Waals surface area contributed by atoms with Crippen LogP contribution >= 0.6 is 0 Å². The van der Waals surface area contributed by atoms with E-state index in [0.717, 1.165) is 38.4 Å². The lowest BCUT2D eigenvalue weighted by Gasteiger charge is -2.20. The van der Waals surface area contributed by atoms with Gasteiger partial charge in [0.15, 0.2) is 5.78 Å². The number of nitrogens with zero attached hydrogens (tertiary/aromatic N) is 2. The van der Waals surface area contributed by atoms with Crippen LogP contribution in [0.1, 0.15) is 33.6 Å². The largest absolute Gasteiger partial charge is 0.381 e. The van der Waals surface area contributed by atoms with Crippen molar-refractivity contribution in [2.24, 2.45) is 10.9 Å². The zero-order valence-corrected chi connectivity index (χ0v) is 15.3. The van der Waals surface area contributed by atoms with Gasteiger partial charge in [0, 0.05) is 42.7 Å². The van der Waals surface area contributed by atoms with Crippen molar-refractivity contribution in [3.63, 3.8) is 0 Å². The number of hydrogen-bond acceptors (Lipinski definition) is 4. The molecule has 1 fully saturated rings. The highest BCUT2D eigenvalue weighted by atomic mass is 16.5. The summed E-state index contributed by atoms with van der Waals surface area (Å²) in [6.45, 7) is 11.3. The maximum atomic E-state index is 12.5. The topological polar surface area (TPSA) is 74.5 Å². The molecule has 0 radical (unpaired) electrons. The minimum atomic E-state index is -0.153. The third-order valence-corrected chi connectivity index (χ3v) is 3.89. The van der Waals surface area contributed by atoms with Crippen molar-refractivity contribution in [1.82, 2.24) is 5.32 Å². The second-order valence-corrected chi connectivity index (χ2v) is 6.08. The number of ketones is 1. The lowest BCUT2D eigenvalue weighted by atomic mass is 10.0. The summed E-state index contributed by atoms with van der Waals surface area (Å²) in [5.41, 5.74) is 1.44. The van der Waals surface area contributed by atoms with Crippen LogP contribution in [0.5, 0.6) is 0 Å². The Morgan fingerprint density at radius 3 is 2.64 bits per heavy atom. The van der Waals surface area contributed by atoms with Gasteiger partial charge in [0.25, 0.3) is 0 Å². The fourth-order valence-corrected chi connectivity index (χ4v) is 2.33. The number of nitrogens with one attached hydrogen (secondary N) is 1. The summed E-state index contributed by atoms with van der Waals surface area (Å²) in [6, 6.07) is 2.02. The highest BCUT2D eigenvalue weighted by molar-refractivity contribution is 6.10. The molecule has 1 aliphatic rings. The Kier molecular flexibility index (Phi) is 9.20. The molecule has 0 aromatic carbocycles. The van der Waals surface area contributed by atoms with Crippen LogP contribution in [0.25, 0.3) is 0 Å². The number of aliphatic imine (C=N–C) groups is 1. The predicted molar refractivity (Wildman–Crippen MR) is 101 cm³/mol. The number of carbonyl (C=O) groups is 1. The van der Waals surface area contributed by atoms with Crippen molar-refractivity contribution in [2.45, 2.75) is 33.6 Å². The van der Waals surface area contributed by atoms with Crippen LogP contribution < -0.4 is 5.32 Å². The first-order chi connectivity index (χ1) is 12.0. The SMILES string of the molecule is C=C/C=C(\C=C(/C)C#N)C(=O)/C(C)=C/NC(C)=NCC1CCOCC1. The van der Waals surface area contributed by atoms with Crippen molar-refractivity contribution in [1.29, 1.82) is 5.26 Å². The first kappa shape index (κ1) is 20.6. The minimum Gasteiger partial charge on any atom is -0.381 e. The maximum Gasteiger partial charge on any atom is 0.190 e. The van der Waals surface area contributed by atoms with Gasteiger partial charge in [0.05, 0.1) is 11.9 Å². The molecule has 0 bridgehead atoms. The number of nitriles is 1. The highest BCUT2D eigenvalue weighted by Crippen LogP contribution is 2.14. The first-order valence-corrected chi connectivity index (χ1v) is 8.45. The molecule has 5 nitrogen and oxygen atoms in total. The van der Waals surface area contributed by atoms with Crippen LogP contribution in [0, 0.1) is 17.2 Å². The lowest BCUT2D eigenvalue weighted by Crippen LogP contribution is -2.21. The number of ether oxygens (including phenoxy) is 1. The number of amidine groups is 1. The number of hydrogen-bond donors (Lipinski definition) is 1. The fourth-order valence-electron chi connectivity index (χ4n) is 2.33. The van der Waals surface area contributed by atoms with E-state index in [4.69, 9.17) is 10.00 Å². The summed E-state index contributed by atoms with van der Waals surface area (Å²) >= 11 is 0. The van der Waals surface area contributed by atoms with Crippen molar-refractivity contribution in [3.8, 4) is 6.07 Å². The van der Waals surface area contributed by atoms with E-state index in [1.807, 2.05) is 13.0 Å². The number of Topliss-reactive ketones (excluding diaryl/α,β-unsaturated/α-hetero) is 1. The van der Waals surface area contributed by atoms with Crippen LogP contribution in [-0.4, -0.2) is 31.4 Å². The number of carbonyl (C=O) groups excluding carboxylic acids is 1. The fraction of sp³-hybridized carbons (Fsp3) is 0.450. The molecule has 0 spiro atoms. The smallest absolute Gasteiger partial charge is 0.190 e. The van der Waals surface area contributed by atoms with Gasteiger partial charge >= 0.3 is 0 Å². The summed E-state index contributed by atoms with van der Waals surface area (Å²) in [5, 5.41) is 11.9. The number of rotatable bonds is 7. The van der Waals surface area contributed by atoms with Crippen LogP contribution in [0.3, 0.4) is 0 Å². The van der Waals surface area contributed by atoms with E-state index in [0.29, 0.717) is 22.6 Å². The van der Waals surface area contributed by atoms with Gasteiger partial charge in [0.1, 0.15) is 0 Å². The van der Waals surface area contributed by atoms with E-state index in [-0.39, 0.29) is 5.78 Å². The zero-order valence-electron chi connectivity index (χ0n) is 15.3. The zero-order chi connectivity index (χ0) is 18.7. The molecule has 0 aliphatic carbocycles. The highest BCUT2D eigenvalue weighted by Gasteiger charge is 2.13. The molecule has 1 saturated heterocycles. The third-order valence-electron chi connectivity index (χ3n) is 3.89. The molecule has 0 saturated carbocycles. The van der Waals surface area contributed by atoms with Gasteiger partial charge in [0.2, 0.25) is 0 Å². The Bertz CT molecular complexity index is 642. The maximum absolute atomic E-state index is 12.5. The van der Waals surface area contributed by atoms with Gasteiger partial charge in [-0.05, 0) is 45.6 Å². The molecule has 25 heavy (non-hydrogen) atoms. The molecule has 0 aromatic heterocycles. The van der Waals surface area contributed by atoms with E-state index >= 15 is 0 Å². The molecular weight excluding hydrogens is 314 g/mol. The van der Waals surface area contributed by atoms with Gasteiger partial charge in [-0.3, -0.25) is 9.79 Å². The quantitative estimate of drug-likeness (QED) is 0.253. The average molecular weight is 341 g/mol. The van der Waals surface area contributed by atoms with E-state index in [9.17, 15) is 4.79 Å². The molecule has 1 aliphatic heterocycles. The van der Waals surface area contributed by atoms with Gasteiger partial charge in [-0.25, -0.2) is 0 Å². The van der Waals surface area contributed by atoms with E-state index in [2.05, 4.69) is 16.9 Å². The first-order valence-electron chi connectivity index (χ1n) is 8.45. The van der Waals surface area contributed by atoms with E-state index < -0.39 is 0 Å². The molecular formula is C20H27N3O2. The van der Waals surface area contributed by atoms with Gasteiger partial charge in [-0.1, -0.05) is 18.7 Å². The van der Waals surface area contributed by atoms with Crippen molar-refractivity contribution in [2.75, 3.05) is 19.8 Å². The Balaban J connectivity index is 2.68. The molecule has 1 heterocycles. The summed E-state index contributed by atoms with van der Waals surface area (Å²) in [5.74, 6) is 1.19. The molecule has 0 aromatic rings. The molecule has 1 rings (SSSR count). The average Bonchev–Trinajstić information content (AvgIpc) is 2.64. The van der Waals surface area contributed by atoms with Crippen molar-refractivity contribution >= 4 is 11.6 Å². The van der Waals surface area contributed by atoms with Crippen molar-refractivity contribution in [3.05, 3.63) is 47.7 Å². The molecule has 5 heteroatoms. The second kappa shape index (κ2) is 11.2. The molecule has 1 N–H and O–H groups in total. The molecule has 0 unspecified atom stereocenters. The second-order valence-electron chi connectivity index (χ2n) is 6.08. The van der Waals surface area contributed by atoms with Gasteiger partial charge < -0.3 is 10.1 Å². The van der Waals surface area contributed by atoms with E-state index in [1.165, 1.54) is 6.08 Å². The van der Waals surface area contributed by atoms with Crippen LogP contribution in [-0.2, 0) is 9.53 Å². The summed E-state index contributed by atoms with van der Waals surface area (Å²) in [6.07, 6.45) is 8.45. The Morgan fingerprint density at radius 1 is 1.36 bits per heavy atom. The standard InChI is InChI=1S/C20H27N3O2/c1-5-6-19(11-15(2)12-21)20(24)16(3)13-22-17(4)23-14-18-7-9-25-10-8-18/h5-6,11,13,18H,1,7-10,14H2,2-4H3,(H,22,23)/b15-11+,16-13+,19-6+. The molecule has 0 amide bonds. The summed E-state index contributed by atoms with van der Waals surface area (Å²) in [7, 11) is 0. The van der Waals surface area contributed by atoms with Crippen LogP contribution in [0.4, 0.5) is 0 Å².